The van der Waals surface area contributed by atoms with Crippen molar-refractivity contribution >= 4 is 18.0 Å². The van der Waals surface area contributed by atoms with Gasteiger partial charge in [0.25, 0.3) is 0 Å². The number of amides is 2. The van der Waals surface area contributed by atoms with E-state index in [1.165, 1.54) is 6.42 Å². The van der Waals surface area contributed by atoms with E-state index in [0.717, 1.165) is 37.9 Å². The number of hydrogen-bond donors (Lipinski definition) is 3. The third kappa shape index (κ3) is 7.19. The first-order valence-electron chi connectivity index (χ1n) is 12.3. The summed E-state index contributed by atoms with van der Waals surface area (Å²) in [7, 11) is 2.15. The average Bonchev–Trinajstić information content (AvgIpc) is 2.97. The van der Waals surface area contributed by atoms with Gasteiger partial charge in [0.15, 0.2) is 0 Å². The van der Waals surface area contributed by atoms with E-state index in [1.807, 2.05) is 12.1 Å². The Labute approximate surface area is 203 Å². The second-order valence-electron chi connectivity index (χ2n) is 10.2. The van der Waals surface area contributed by atoms with Gasteiger partial charge in [0.05, 0.1) is 0 Å². The van der Waals surface area contributed by atoms with Crippen LogP contribution in [0.15, 0.2) is 24.3 Å². The Morgan fingerprint density at radius 3 is 2.35 bits per heavy atom. The summed E-state index contributed by atoms with van der Waals surface area (Å²) in [5.74, 6) is -1.79. The molecule has 2 amide bonds. The van der Waals surface area contributed by atoms with Crippen molar-refractivity contribution in [1.29, 1.82) is 0 Å². The van der Waals surface area contributed by atoms with Crippen molar-refractivity contribution in [1.82, 2.24) is 15.5 Å². The van der Waals surface area contributed by atoms with Crippen molar-refractivity contribution < 1.29 is 24.2 Å². The third-order valence-electron chi connectivity index (χ3n) is 6.80. The van der Waals surface area contributed by atoms with Gasteiger partial charge in [-0.1, -0.05) is 53.2 Å². The Kier molecular flexibility index (Phi) is 9.91. The fourth-order valence-corrected chi connectivity index (χ4v) is 4.69. The molecule has 0 aliphatic carbocycles. The number of rotatable bonds is 9. The summed E-state index contributed by atoms with van der Waals surface area (Å²) in [6.07, 6.45) is 3.66. The Morgan fingerprint density at radius 2 is 1.76 bits per heavy atom. The van der Waals surface area contributed by atoms with Crippen LogP contribution in [0.3, 0.4) is 0 Å². The van der Waals surface area contributed by atoms with Gasteiger partial charge in [-0.3, -0.25) is 4.79 Å². The lowest BCUT2D eigenvalue weighted by Gasteiger charge is -2.35. The number of carboxylic acid groups (broad SMARTS) is 1. The molecule has 3 atom stereocenters. The number of carbonyl (C=O) groups is 3. The number of nitrogens with zero attached hydrogens (tertiary/aromatic N) is 1. The number of aliphatic carboxylic acids is 1. The van der Waals surface area contributed by atoms with Gasteiger partial charge in [0, 0.05) is 12.0 Å². The number of carbonyl (C=O) groups excluding carboxylic acids is 2. The Bertz CT molecular complexity index is 857. The van der Waals surface area contributed by atoms with E-state index in [0.29, 0.717) is 5.75 Å². The van der Waals surface area contributed by atoms with Gasteiger partial charge >= 0.3 is 12.1 Å². The average molecular weight is 476 g/mol. The second kappa shape index (κ2) is 12.2. The van der Waals surface area contributed by atoms with E-state index in [-0.39, 0.29) is 17.3 Å². The van der Waals surface area contributed by atoms with Crippen LogP contribution in [0, 0.1) is 11.8 Å². The molecule has 0 bridgehead atoms. The minimum Gasteiger partial charge on any atom is -0.480 e. The summed E-state index contributed by atoms with van der Waals surface area (Å²) in [4.78, 5) is 39.3. The summed E-state index contributed by atoms with van der Waals surface area (Å²) in [6, 6.07) is 5.69. The van der Waals surface area contributed by atoms with E-state index >= 15 is 0 Å². The lowest BCUT2D eigenvalue weighted by atomic mass is 9.74. The first-order valence-corrected chi connectivity index (χ1v) is 12.3. The Hall–Kier alpha value is -2.61. The highest BCUT2D eigenvalue weighted by Gasteiger charge is 2.34. The van der Waals surface area contributed by atoms with Crippen molar-refractivity contribution in [3.05, 3.63) is 29.8 Å². The van der Waals surface area contributed by atoms with E-state index in [4.69, 9.17) is 4.74 Å². The molecule has 190 valence electrons. The van der Waals surface area contributed by atoms with Gasteiger partial charge < -0.3 is 25.4 Å². The molecular weight excluding hydrogens is 434 g/mol. The highest BCUT2D eigenvalue weighted by atomic mass is 16.6. The van der Waals surface area contributed by atoms with Crippen LogP contribution in [0.4, 0.5) is 4.79 Å². The summed E-state index contributed by atoms with van der Waals surface area (Å²) >= 11 is 0. The largest absolute Gasteiger partial charge is 0.480 e. The minimum absolute atomic E-state index is 0.00411. The zero-order valence-corrected chi connectivity index (χ0v) is 21.4. The molecular formula is C26H41N3O5. The topological polar surface area (TPSA) is 108 Å². The van der Waals surface area contributed by atoms with Crippen LogP contribution >= 0.6 is 0 Å². The molecule has 1 fully saturated rings. The first kappa shape index (κ1) is 27.6. The molecule has 0 aromatic heterocycles. The van der Waals surface area contributed by atoms with E-state index < -0.39 is 30.1 Å². The Balaban J connectivity index is 2.13. The van der Waals surface area contributed by atoms with Crippen LogP contribution < -0.4 is 15.4 Å². The van der Waals surface area contributed by atoms with Crippen molar-refractivity contribution in [2.24, 2.45) is 11.8 Å². The van der Waals surface area contributed by atoms with Gasteiger partial charge in [0.2, 0.25) is 5.91 Å². The maximum atomic E-state index is 12.7. The molecule has 0 radical (unpaired) electrons. The van der Waals surface area contributed by atoms with Gasteiger partial charge in [0.1, 0.15) is 17.8 Å². The minimum atomic E-state index is -1.11. The molecule has 1 aromatic rings. The normalized spacial score (nSPS) is 20.9. The third-order valence-corrected chi connectivity index (χ3v) is 6.80. The number of ether oxygens (including phenoxy) is 1. The first-order chi connectivity index (χ1) is 16.0. The van der Waals surface area contributed by atoms with Crippen molar-refractivity contribution in [3.8, 4) is 5.75 Å². The summed E-state index contributed by atoms with van der Waals surface area (Å²) in [5, 5.41) is 14.5. The SMILES string of the molecule is CCC1(c2cccc(OC(=O)N[C@H](C(=O)N[C@@H](C(=O)O)C(C)C)C(C)C)c2)CCCCN(C)C1. The molecule has 1 aromatic carbocycles. The van der Waals surface area contributed by atoms with E-state index in [1.54, 1.807) is 33.8 Å². The molecule has 1 aliphatic rings. The number of likely N-dealkylation sites (N-methyl/N-ethyl adjacent to an activating group) is 1. The molecule has 3 N–H and O–H groups in total. The molecule has 1 aliphatic heterocycles. The molecule has 8 heteroatoms. The predicted octanol–water partition coefficient (Wildman–Crippen LogP) is 3.79. The predicted molar refractivity (Wildman–Crippen MR) is 132 cm³/mol. The smallest absolute Gasteiger partial charge is 0.413 e. The van der Waals surface area contributed by atoms with Crippen LogP contribution in [0.1, 0.15) is 65.9 Å². The highest BCUT2D eigenvalue weighted by molar-refractivity contribution is 5.89. The fourth-order valence-electron chi connectivity index (χ4n) is 4.69. The standard InChI is InChI=1S/C26H41N3O5/c1-7-26(13-8-9-14-29(6)16-26)19-11-10-12-20(15-19)34-25(33)28-21(17(2)3)23(30)27-22(18(4)5)24(31)32/h10-12,15,17-18,21-22H,7-9,13-14,16H2,1-6H3,(H,27,30)(H,28,33)(H,31,32)/t21-,22+,26?/m0/s1. The zero-order chi connectivity index (χ0) is 25.5. The maximum absolute atomic E-state index is 12.7. The van der Waals surface area contributed by atoms with Gasteiger partial charge in [-0.25, -0.2) is 9.59 Å². The quantitative estimate of drug-likeness (QED) is 0.502. The summed E-state index contributed by atoms with van der Waals surface area (Å²) in [5.41, 5.74) is 1.15. The van der Waals surface area contributed by atoms with Crippen molar-refractivity contribution in [3.63, 3.8) is 0 Å². The zero-order valence-electron chi connectivity index (χ0n) is 21.4. The van der Waals surface area contributed by atoms with Crippen molar-refractivity contribution in [2.75, 3.05) is 20.1 Å². The maximum Gasteiger partial charge on any atom is 0.413 e. The molecule has 8 nitrogen and oxygen atoms in total. The fraction of sp³-hybridized carbons (Fsp3) is 0.654. The highest BCUT2D eigenvalue weighted by Crippen LogP contribution is 2.37. The van der Waals surface area contributed by atoms with Gasteiger partial charge in [-0.05, 0) is 62.4 Å². The Morgan fingerprint density at radius 1 is 1.09 bits per heavy atom. The van der Waals surface area contributed by atoms with Crippen molar-refractivity contribution in [2.45, 2.75) is 77.8 Å². The molecule has 1 saturated heterocycles. The molecule has 0 spiro atoms. The van der Waals surface area contributed by atoms with Gasteiger partial charge in [-0.15, -0.1) is 0 Å². The monoisotopic (exact) mass is 475 g/mol. The molecule has 1 heterocycles. The number of carboxylic acids is 1. The van der Waals surface area contributed by atoms with Crippen LogP contribution in [0.25, 0.3) is 0 Å². The number of nitrogens with one attached hydrogen (secondary N) is 2. The van der Waals surface area contributed by atoms with E-state index in [9.17, 15) is 19.5 Å². The number of benzene rings is 1. The molecule has 2 rings (SSSR count). The lowest BCUT2D eigenvalue weighted by Crippen LogP contribution is -2.55. The number of hydrogen-bond acceptors (Lipinski definition) is 5. The second-order valence-corrected chi connectivity index (χ2v) is 10.2. The lowest BCUT2D eigenvalue weighted by molar-refractivity contribution is -0.143. The van der Waals surface area contributed by atoms with Crippen LogP contribution in [-0.4, -0.2) is 60.2 Å². The van der Waals surface area contributed by atoms with Crippen LogP contribution in [0.5, 0.6) is 5.75 Å². The molecule has 0 saturated carbocycles. The number of likely N-dealkylation sites (tertiary alicyclic amines) is 1. The van der Waals surface area contributed by atoms with Crippen LogP contribution in [-0.2, 0) is 15.0 Å². The molecule has 1 unspecified atom stereocenters. The van der Waals surface area contributed by atoms with Crippen LogP contribution in [0.2, 0.25) is 0 Å². The molecule has 34 heavy (non-hydrogen) atoms. The summed E-state index contributed by atoms with van der Waals surface area (Å²) < 4.78 is 5.56. The summed E-state index contributed by atoms with van der Waals surface area (Å²) in [6.45, 7) is 11.2. The van der Waals surface area contributed by atoms with E-state index in [2.05, 4.69) is 35.6 Å². The van der Waals surface area contributed by atoms with Gasteiger partial charge in [-0.2, -0.15) is 0 Å².